The minimum absolute atomic E-state index is 0.830. The molecule has 0 N–H and O–H groups in total. The van der Waals surface area contributed by atoms with Crippen molar-refractivity contribution in [1.82, 2.24) is 19.1 Å². The molecule has 150 valence electrons. The van der Waals surface area contributed by atoms with E-state index >= 15 is 0 Å². The van der Waals surface area contributed by atoms with Crippen molar-refractivity contribution in [3.05, 3.63) is 94.6 Å². The van der Waals surface area contributed by atoms with E-state index in [0.717, 1.165) is 24.1 Å². The van der Waals surface area contributed by atoms with E-state index < -0.39 is 0 Å². The molecule has 5 rings (SSSR count). The highest BCUT2D eigenvalue weighted by Crippen LogP contribution is 2.29. The SMILES string of the molecule is Cc1c(C)c(Cn2cnc3ccccc32)c(C)c(Cn2cnc3ccccc32)c1C. The van der Waals surface area contributed by atoms with Gasteiger partial charge in [-0.05, 0) is 85.3 Å². The van der Waals surface area contributed by atoms with Crippen molar-refractivity contribution in [1.29, 1.82) is 0 Å². The number of aromatic nitrogens is 4. The minimum atomic E-state index is 0.830. The Labute approximate surface area is 176 Å². The zero-order valence-corrected chi connectivity index (χ0v) is 18.0. The minimum Gasteiger partial charge on any atom is -0.326 e. The number of imidazole rings is 2. The van der Waals surface area contributed by atoms with Gasteiger partial charge < -0.3 is 9.13 Å². The summed E-state index contributed by atoms with van der Waals surface area (Å²) in [5, 5.41) is 0. The molecule has 3 aromatic carbocycles. The molecule has 0 radical (unpaired) electrons. The second-order valence-corrected chi connectivity index (χ2v) is 8.18. The number of para-hydroxylation sites is 4. The molecule has 0 saturated heterocycles. The average Bonchev–Trinajstić information content (AvgIpc) is 3.37. The molecule has 0 fully saturated rings. The first-order valence-electron chi connectivity index (χ1n) is 10.4. The summed E-state index contributed by atoms with van der Waals surface area (Å²) in [4.78, 5) is 9.16. The lowest BCUT2D eigenvalue weighted by Gasteiger charge is -2.22. The van der Waals surface area contributed by atoms with Crippen molar-refractivity contribution < 1.29 is 0 Å². The van der Waals surface area contributed by atoms with Gasteiger partial charge in [0.05, 0.1) is 34.7 Å². The highest BCUT2D eigenvalue weighted by Gasteiger charge is 2.17. The van der Waals surface area contributed by atoms with Crippen LogP contribution >= 0.6 is 0 Å². The van der Waals surface area contributed by atoms with E-state index in [1.165, 1.54) is 44.4 Å². The predicted molar refractivity (Wildman–Crippen MR) is 123 cm³/mol. The maximum atomic E-state index is 4.58. The maximum absolute atomic E-state index is 4.58. The third-order valence-corrected chi connectivity index (χ3v) is 6.65. The first-order chi connectivity index (χ1) is 14.5. The van der Waals surface area contributed by atoms with E-state index in [0.29, 0.717) is 0 Å². The number of hydrogen-bond acceptors (Lipinski definition) is 2. The van der Waals surface area contributed by atoms with Gasteiger partial charge >= 0.3 is 0 Å². The molecule has 2 aromatic heterocycles. The van der Waals surface area contributed by atoms with Crippen LogP contribution in [0.4, 0.5) is 0 Å². The monoisotopic (exact) mass is 394 g/mol. The van der Waals surface area contributed by atoms with Gasteiger partial charge in [-0.25, -0.2) is 9.97 Å². The molecule has 0 aliphatic heterocycles. The molecule has 0 spiro atoms. The van der Waals surface area contributed by atoms with E-state index in [9.17, 15) is 0 Å². The van der Waals surface area contributed by atoms with Crippen LogP contribution < -0.4 is 0 Å². The average molecular weight is 395 g/mol. The molecule has 30 heavy (non-hydrogen) atoms. The van der Waals surface area contributed by atoms with Crippen molar-refractivity contribution in [2.75, 3.05) is 0 Å². The van der Waals surface area contributed by atoms with Crippen molar-refractivity contribution in [3.8, 4) is 0 Å². The first-order valence-corrected chi connectivity index (χ1v) is 10.4. The van der Waals surface area contributed by atoms with E-state index in [1.807, 2.05) is 24.8 Å². The summed E-state index contributed by atoms with van der Waals surface area (Å²) in [6.45, 7) is 10.7. The molecule has 2 heterocycles. The molecule has 0 unspecified atom stereocenters. The van der Waals surface area contributed by atoms with Crippen molar-refractivity contribution >= 4 is 22.1 Å². The lowest BCUT2D eigenvalue weighted by atomic mass is 9.88. The van der Waals surface area contributed by atoms with Crippen LogP contribution in [0.15, 0.2) is 61.2 Å². The van der Waals surface area contributed by atoms with Crippen LogP contribution in [0.1, 0.15) is 33.4 Å². The summed E-state index contributed by atoms with van der Waals surface area (Å²) < 4.78 is 4.52. The quantitative estimate of drug-likeness (QED) is 0.391. The number of fused-ring (bicyclic) bond motifs is 2. The smallest absolute Gasteiger partial charge is 0.0961 e. The van der Waals surface area contributed by atoms with Crippen LogP contribution in [0.2, 0.25) is 0 Å². The fourth-order valence-electron chi connectivity index (χ4n) is 4.57. The van der Waals surface area contributed by atoms with Gasteiger partial charge in [0.2, 0.25) is 0 Å². The molecule has 4 nitrogen and oxygen atoms in total. The second-order valence-electron chi connectivity index (χ2n) is 8.18. The van der Waals surface area contributed by atoms with Gasteiger partial charge in [-0.1, -0.05) is 24.3 Å². The van der Waals surface area contributed by atoms with Crippen LogP contribution in [-0.4, -0.2) is 19.1 Å². The van der Waals surface area contributed by atoms with Crippen LogP contribution in [0, 0.1) is 27.7 Å². The lowest BCUT2D eigenvalue weighted by Crippen LogP contribution is -2.11. The standard InChI is InChI=1S/C26H26N4/c1-17-18(2)21(13-29-15-27-23-9-5-7-11-25(23)29)20(4)22(19(17)3)14-30-16-28-24-10-6-8-12-26(24)30/h5-12,15-16H,13-14H2,1-4H3. The Kier molecular flexibility index (Phi) is 4.43. The Balaban J connectivity index is 1.61. The summed E-state index contributed by atoms with van der Waals surface area (Å²) in [6, 6.07) is 16.7. The highest BCUT2D eigenvalue weighted by atomic mass is 15.0. The van der Waals surface area contributed by atoms with Gasteiger partial charge in [0.15, 0.2) is 0 Å². The summed E-state index contributed by atoms with van der Waals surface area (Å²) in [5.41, 5.74) is 12.7. The number of benzene rings is 3. The Hall–Kier alpha value is -3.40. The predicted octanol–water partition coefficient (Wildman–Crippen LogP) is 5.72. The lowest BCUT2D eigenvalue weighted by molar-refractivity contribution is 0.780. The zero-order chi connectivity index (χ0) is 20.8. The summed E-state index contributed by atoms with van der Waals surface area (Å²) in [7, 11) is 0. The fraction of sp³-hybridized carbons (Fsp3) is 0.231. The molecule has 5 aromatic rings. The Morgan fingerprint density at radius 1 is 0.567 bits per heavy atom. The van der Waals surface area contributed by atoms with Gasteiger partial charge in [-0.3, -0.25) is 0 Å². The summed E-state index contributed by atoms with van der Waals surface area (Å²) in [6.07, 6.45) is 3.92. The third-order valence-electron chi connectivity index (χ3n) is 6.65. The van der Waals surface area contributed by atoms with Gasteiger partial charge in [0.25, 0.3) is 0 Å². The van der Waals surface area contributed by atoms with Gasteiger partial charge in [0.1, 0.15) is 0 Å². The molecular formula is C26H26N4. The van der Waals surface area contributed by atoms with Crippen molar-refractivity contribution in [2.45, 2.75) is 40.8 Å². The third kappa shape index (κ3) is 2.91. The molecular weight excluding hydrogens is 368 g/mol. The Morgan fingerprint density at radius 3 is 1.47 bits per heavy atom. The normalized spacial score (nSPS) is 11.6. The van der Waals surface area contributed by atoms with Gasteiger partial charge in [0, 0.05) is 13.1 Å². The van der Waals surface area contributed by atoms with E-state index in [4.69, 9.17) is 0 Å². The Morgan fingerprint density at radius 2 is 1.00 bits per heavy atom. The van der Waals surface area contributed by atoms with E-state index in [-0.39, 0.29) is 0 Å². The van der Waals surface area contributed by atoms with Crippen molar-refractivity contribution in [3.63, 3.8) is 0 Å². The highest BCUT2D eigenvalue weighted by molar-refractivity contribution is 5.76. The number of rotatable bonds is 4. The molecule has 0 atom stereocenters. The van der Waals surface area contributed by atoms with Gasteiger partial charge in [-0.15, -0.1) is 0 Å². The molecule has 0 amide bonds. The molecule has 0 aliphatic rings. The molecule has 4 heteroatoms. The zero-order valence-electron chi connectivity index (χ0n) is 18.0. The maximum Gasteiger partial charge on any atom is 0.0961 e. The van der Waals surface area contributed by atoms with E-state index in [2.05, 4.69) is 83.2 Å². The van der Waals surface area contributed by atoms with E-state index in [1.54, 1.807) is 0 Å². The molecule has 0 aliphatic carbocycles. The topological polar surface area (TPSA) is 35.6 Å². The largest absolute Gasteiger partial charge is 0.326 e. The van der Waals surface area contributed by atoms with Crippen LogP contribution in [0.5, 0.6) is 0 Å². The first kappa shape index (κ1) is 18.6. The second kappa shape index (κ2) is 7.13. The van der Waals surface area contributed by atoms with Crippen LogP contribution in [0.3, 0.4) is 0 Å². The van der Waals surface area contributed by atoms with Crippen LogP contribution in [-0.2, 0) is 13.1 Å². The Bertz CT molecular complexity index is 1280. The summed E-state index contributed by atoms with van der Waals surface area (Å²) >= 11 is 0. The van der Waals surface area contributed by atoms with Crippen molar-refractivity contribution in [2.24, 2.45) is 0 Å². The van der Waals surface area contributed by atoms with Gasteiger partial charge in [-0.2, -0.15) is 0 Å². The summed E-state index contributed by atoms with van der Waals surface area (Å²) in [5.74, 6) is 0. The number of nitrogens with zero attached hydrogens (tertiary/aromatic N) is 4. The molecule has 0 bridgehead atoms. The number of hydrogen-bond donors (Lipinski definition) is 0. The fourth-order valence-corrected chi connectivity index (χ4v) is 4.57. The molecule has 0 saturated carbocycles. The van der Waals surface area contributed by atoms with Crippen LogP contribution in [0.25, 0.3) is 22.1 Å².